The van der Waals surface area contributed by atoms with Gasteiger partial charge in [-0.3, -0.25) is 4.79 Å². The van der Waals surface area contributed by atoms with Crippen LogP contribution in [0, 0.1) is 5.92 Å². The highest BCUT2D eigenvalue weighted by atomic mass is 32.2. The van der Waals surface area contributed by atoms with Gasteiger partial charge in [0.05, 0.1) is 5.69 Å². The largest absolute Gasteiger partial charge is 0.370 e. The minimum absolute atomic E-state index is 0.197. The molecule has 0 spiro atoms. The lowest BCUT2D eigenvalue weighted by Gasteiger charge is -2.33. The molecule has 0 aliphatic carbocycles. The first-order valence-electron chi connectivity index (χ1n) is 10.1. The fourth-order valence-corrected chi connectivity index (χ4v) is 5.24. The third kappa shape index (κ3) is 4.16. The summed E-state index contributed by atoms with van der Waals surface area (Å²) in [4.78, 5) is 18.8. The van der Waals surface area contributed by atoms with Gasteiger partial charge in [-0.15, -0.1) is 11.8 Å². The fraction of sp³-hybridized carbons (Fsp3) is 0.435. The molecule has 1 saturated heterocycles. The zero-order chi connectivity index (χ0) is 18.6. The van der Waals surface area contributed by atoms with Gasteiger partial charge in [0.1, 0.15) is 0 Å². The van der Waals surface area contributed by atoms with Gasteiger partial charge in [0.2, 0.25) is 0 Å². The van der Waals surface area contributed by atoms with E-state index in [9.17, 15) is 4.79 Å². The van der Waals surface area contributed by atoms with E-state index in [0.29, 0.717) is 5.92 Å². The summed E-state index contributed by atoms with van der Waals surface area (Å²) in [6.45, 7) is 6.00. The molecule has 2 heterocycles. The fourth-order valence-electron chi connectivity index (χ4n) is 4.20. The average Bonchev–Trinajstić information content (AvgIpc) is 2.73. The van der Waals surface area contributed by atoms with Crippen LogP contribution >= 0.6 is 11.8 Å². The molecule has 0 bridgehead atoms. The Hall–Kier alpha value is -1.94. The highest BCUT2D eigenvalue weighted by Gasteiger charge is 2.25. The minimum atomic E-state index is 0.197. The molecular weight excluding hydrogens is 352 g/mol. The maximum atomic E-state index is 13.0. The normalized spacial score (nSPS) is 17.7. The number of carbonyl (C=O) groups excluding carboxylic acids is 1. The number of piperidine rings is 1. The SMILES string of the molecule is CCN1CCSc2ccc(C(=O)N3CCC(Cc4ccccc4)CC3)cc21. The number of hydrogen-bond donors (Lipinski definition) is 0. The van der Waals surface area contributed by atoms with E-state index in [0.717, 1.165) is 56.8 Å². The molecule has 142 valence electrons. The Balaban J connectivity index is 1.39. The van der Waals surface area contributed by atoms with Crippen LogP contribution in [0.3, 0.4) is 0 Å². The molecule has 2 aromatic rings. The van der Waals surface area contributed by atoms with Crippen LogP contribution in [-0.2, 0) is 6.42 Å². The number of thioether (sulfide) groups is 1. The summed E-state index contributed by atoms with van der Waals surface area (Å²) in [5.74, 6) is 2.01. The van der Waals surface area contributed by atoms with Gasteiger partial charge >= 0.3 is 0 Å². The second-order valence-corrected chi connectivity index (χ2v) is 8.67. The predicted molar refractivity (Wildman–Crippen MR) is 114 cm³/mol. The summed E-state index contributed by atoms with van der Waals surface area (Å²) in [5.41, 5.74) is 3.49. The Bertz CT molecular complexity index is 784. The lowest BCUT2D eigenvalue weighted by molar-refractivity contribution is 0.0690. The number of nitrogens with zero attached hydrogens (tertiary/aromatic N) is 2. The maximum absolute atomic E-state index is 13.0. The van der Waals surface area contributed by atoms with E-state index in [4.69, 9.17) is 0 Å². The van der Waals surface area contributed by atoms with Crippen LogP contribution in [0.1, 0.15) is 35.7 Å². The van der Waals surface area contributed by atoms with Crippen molar-refractivity contribution in [2.24, 2.45) is 5.92 Å². The van der Waals surface area contributed by atoms with Gasteiger partial charge in [-0.05, 0) is 55.9 Å². The minimum Gasteiger partial charge on any atom is -0.370 e. The molecular formula is C23H28N2OS. The van der Waals surface area contributed by atoms with Crippen molar-refractivity contribution in [3.63, 3.8) is 0 Å². The molecule has 0 atom stereocenters. The first kappa shape index (κ1) is 18.4. The van der Waals surface area contributed by atoms with Crippen molar-refractivity contribution in [3.8, 4) is 0 Å². The van der Waals surface area contributed by atoms with E-state index in [1.165, 1.54) is 16.1 Å². The van der Waals surface area contributed by atoms with Crippen molar-refractivity contribution in [3.05, 3.63) is 59.7 Å². The van der Waals surface area contributed by atoms with Gasteiger partial charge < -0.3 is 9.80 Å². The Labute approximate surface area is 166 Å². The summed E-state index contributed by atoms with van der Waals surface area (Å²) in [5, 5.41) is 0. The first-order valence-corrected chi connectivity index (χ1v) is 11.1. The standard InChI is InChI=1S/C23H28N2OS/c1-2-24-14-15-27-22-9-8-20(17-21(22)24)23(26)25-12-10-19(11-13-25)16-18-6-4-3-5-7-18/h3-9,17,19H,2,10-16H2,1H3. The van der Waals surface area contributed by atoms with Crippen LogP contribution in [0.25, 0.3) is 0 Å². The van der Waals surface area contributed by atoms with E-state index >= 15 is 0 Å². The van der Waals surface area contributed by atoms with Crippen LogP contribution < -0.4 is 4.90 Å². The Morgan fingerprint density at radius 3 is 2.59 bits per heavy atom. The Morgan fingerprint density at radius 2 is 1.85 bits per heavy atom. The van der Waals surface area contributed by atoms with E-state index in [1.54, 1.807) is 0 Å². The summed E-state index contributed by atoms with van der Waals surface area (Å²) >= 11 is 1.90. The second-order valence-electron chi connectivity index (χ2n) is 7.54. The van der Waals surface area contributed by atoms with Gasteiger partial charge in [0.15, 0.2) is 0 Å². The van der Waals surface area contributed by atoms with Gasteiger partial charge in [0.25, 0.3) is 5.91 Å². The van der Waals surface area contributed by atoms with Crippen molar-refractivity contribution >= 4 is 23.4 Å². The monoisotopic (exact) mass is 380 g/mol. The van der Waals surface area contributed by atoms with Crippen molar-refractivity contribution < 1.29 is 4.79 Å². The lowest BCUT2D eigenvalue weighted by atomic mass is 9.90. The summed E-state index contributed by atoms with van der Waals surface area (Å²) in [7, 11) is 0. The molecule has 2 aliphatic heterocycles. The molecule has 4 rings (SSSR count). The van der Waals surface area contributed by atoms with Gasteiger partial charge in [-0.2, -0.15) is 0 Å². The molecule has 0 saturated carbocycles. The number of carbonyl (C=O) groups is 1. The van der Waals surface area contributed by atoms with Crippen molar-refractivity contribution in [2.75, 3.05) is 36.8 Å². The average molecular weight is 381 g/mol. The van der Waals surface area contributed by atoms with E-state index < -0.39 is 0 Å². The highest BCUT2D eigenvalue weighted by Crippen LogP contribution is 2.35. The summed E-state index contributed by atoms with van der Waals surface area (Å²) in [6.07, 6.45) is 3.33. The summed E-state index contributed by atoms with van der Waals surface area (Å²) in [6, 6.07) is 17.0. The van der Waals surface area contributed by atoms with Crippen LogP contribution in [0.15, 0.2) is 53.4 Å². The predicted octanol–water partition coefficient (Wildman–Crippen LogP) is 4.71. The molecule has 1 fully saturated rings. The smallest absolute Gasteiger partial charge is 0.253 e. The van der Waals surface area contributed by atoms with Crippen molar-refractivity contribution in [1.29, 1.82) is 0 Å². The quantitative estimate of drug-likeness (QED) is 0.767. The maximum Gasteiger partial charge on any atom is 0.253 e. The van der Waals surface area contributed by atoms with E-state index in [-0.39, 0.29) is 5.91 Å². The molecule has 4 heteroatoms. The Morgan fingerprint density at radius 1 is 1.07 bits per heavy atom. The number of fused-ring (bicyclic) bond motifs is 1. The van der Waals surface area contributed by atoms with Crippen molar-refractivity contribution in [2.45, 2.75) is 31.1 Å². The third-order valence-corrected chi connectivity index (χ3v) is 6.86. The molecule has 0 unspecified atom stereocenters. The molecule has 3 nitrogen and oxygen atoms in total. The first-order chi connectivity index (χ1) is 13.2. The number of rotatable bonds is 4. The molecule has 2 aromatic carbocycles. The zero-order valence-corrected chi connectivity index (χ0v) is 16.9. The topological polar surface area (TPSA) is 23.6 Å². The number of likely N-dealkylation sites (tertiary alicyclic amines) is 1. The zero-order valence-electron chi connectivity index (χ0n) is 16.1. The van der Waals surface area contributed by atoms with Crippen LogP contribution in [0.2, 0.25) is 0 Å². The van der Waals surface area contributed by atoms with Crippen LogP contribution in [0.5, 0.6) is 0 Å². The highest BCUT2D eigenvalue weighted by molar-refractivity contribution is 7.99. The second kappa shape index (κ2) is 8.39. The number of hydrogen-bond acceptors (Lipinski definition) is 3. The number of amides is 1. The summed E-state index contributed by atoms with van der Waals surface area (Å²) < 4.78 is 0. The molecule has 2 aliphatic rings. The van der Waals surface area contributed by atoms with Gasteiger partial charge in [-0.25, -0.2) is 0 Å². The molecule has 0 radical (unpaired) electrons. The van der Waals surface area contributed by atoms with Crippen LogP contribution in [0.4, 0.5) is 5.69 Å². The number of anilines is 1. The lowest BCUT2D eigenvalue weighted by Crippen LogP contribution is -2.39. The van der Waals surface area contributed by atoms with Gasteiger partial charge in [0, 0.05) is 42.4 Å². The number of benzene rings is 2. The third-order valence-electron chi connectivity index (χ3n) is 5.82. The van der Waals surface area contributed by atoms with E-state index in [1.807, 2.05) is 17.8 Å². The molecule has 27 heavy (non-hydrogen) atoms. The molecule has 0 aromatic heterocycles. The van der Waals surface area contributed by atoms with Gasteiger partial charge in [-0.1, -0.05) is 30.3 Å². The molecule has 0 N–H and O–H groups in total. The van der Waals surface area contributed by atoms with E-state index in [2.05, 4.69) is 59.2 Å². The van der Waals surface area contributed by atoms with Crippen LogP contribution in [-0.4, -0.2) is 42.7 Å². The Kier molecular flexibility index (Phi) is 5.72. The van der Waals surface area contributed by atoms with Crippen molar-refractivity contribution in [1.82, 2.24) is 4.90 Å². The molecule has 1 amide bonds.